The van der Waals surface area contributed by atoms with E-state index >= 15 is 0 Å². The van der Waals surface area contributed by atoms with Gasteiger partial charge in [0.05, 0.1) is 15.6 Å². The van der Waals surface area contributed by atoms with Crippen molar-refractivity contribution in [1.82, 2.24) is 5.32 Å². The standard InChI is InChI=1S/C12H10Cl2FNO3S/c13-7-4-8(14)9(15)3-6(7)10(17)16-12(11(18)19)1-2-20-5-12/h3-4H,1-2,5H2,(H,16,17)(H,18,19)/t12-/m1/s1. The smallest absolute Gasteiger partial charge is 0.330 e. The molecule has 1 atom stereocenters. The minimum atomic E-state index is -1.33. The third kappa shape index (κ3) is 2.87. The van der Waals surface area contributed by atoms with E-state index in [2.05, 4.69) is 5.32 Å². The van der Waals surface area contributed by atoms with E-state index in [1.165, 1.54) is 11.8 Å². The molecule has 1 aromatic rings. The monoisotopic (exact) mass is 337 g/mol. The van der Waals surface area contributed by atoms with Gasteiger partial charge in [-0.15, -0.1) is 0 Å². The Labute approximate surface area is 128 Å². The van der Waals surface area contributed by atoms with Crippen LogP contribution in [0.2, 0.25) is 10.0 Å². The molecule has 0 saturated carbocycles. The van der Waals surface area contributed by atoms with Crippen LogP contribution in [0.3, 0.4) is 0 Å². The van der Waals surface area contributed by atoms with Crippen LogP contribution in [-0.4, -0.2) is 34.0 Å². The zero-order valence-electron chi connectivity index (χ0n) is 10.1. The lowest BCUT2D eigenvalue weighted by molar-refractivity contribution is -0.143. The number of benzene rings is 1. The van der Waals surface area contributed by atoms with Crippen LogP contribution in [0.1, 0.15) is 16.8 Å². The number of carboxylic acid groups (broad SMARTS) is 1. The molecule has 0 bridgehead atoms. The molecule has 2 rings (SSSR count). The van der Waals surface area contributed by atoms with Gasteiger partial charge in [0.1, 0.15) is 11.4 Å². The number of nitrogens with one attached hydrogen (secondary N) is 1. The van der Waals surface area contributed by atoms with Crippen molar-refractivity contribution in [2.75, 3.05) is 11.5 Å². The summed E-state index contributed by atoms with van der Waals surface area (Å²) in [5.74, 6) is -1.72. The van der Waals surface area contributed by atoms with E-state index in [4.69, 9.17) is 23.2 Å². The van der Waals surface area contributed by atoms with Crippen molar-refractivity contribution in [2.45, 2.75) is 12.0 Å². The molecular formula is C12H10Cl2FNO3S. The van der Waals surface area contributed by atoms with Crippen molar-refractivity contribution >= 4 is 46.8 Å². The summed E-state index contributed by atoms with van der Waals surface area (Å²) in [6.07, 6.45) is 0.312. The number of carbonyl (C=O) groups excluding carboxylic acids is 1. The van der Waals surface area contributed by atoms with Gasteiger partial charge in [-0.1, -0.05) is 23.2 Å². The third-order valence-corrected chi connectivity index (χ3v) is 4.83. The van der Waals surface area contributed by atoms with Gasteiger partial charge in [0.25, 0.3) is 5.91 Å². The molecule has 1 aromatic carbocycles. The second-order valence-electron chi connectivity index (χ2n) is 4.39. The molecule has 0 aromatic heterocycles. The van der Waals surface area contributed by atoms with Crippen molar-refractivity contribution in [3.63, 3.8) is 0 Å². The number of hydrogen-bond acceptors (Lipinski definition) is 3. The van der Waals surface area contributed by atoms with E-state index in [1.807, 2.05) is 0 Å². The van der Waals surface area contributed by atoms with Crippen molar-refractivity contribution < 1.29 is 19.1 Å². The summed E-state index contributed by atoms with van der Waals surface area (Å²) in [6.45, 7) is 0. The molecule has 0 spiro atoms. The van der Waals surface area contributed by atoms with Gasteiger partial charge in [-0.05, 0) is 24.3 Å². The molecule has 4 nitrogen and oxygen atoms in total. The van der Waals surface area contributed by atoms with Gasteiger partial charge in [0, 0.05) is 5.75 Å². The first-order valence-electron chi connectivity index (χ1n) is 5.64. The van der Waals surface area contributed by atoms with Crippen LogP contribution >= 0.6 is 35.0 Å². The highest BCUT2D eigenvalue weighted by molar-refractivity contribution is 7.99. The zero-order chi connectivity index (χ0) is 14.9. The fourth-order valence-corrected chi connectivity index (χ4v) is 3.66. The molecule has 0 aliphatic carbocycles. The predicted octanol–water partition coefficient (Wildman–Crippen LogP) is 2.82. The minimum absolute atomic E-state index is 0.0277. The van der Waals surface area contributed by atoms with Gasteiger partial charge in [-0.25, -0.2) is 9.18 Å². The summed E-state index contributed by atoms with van der Waals surface area (Å²) in [7, 11) is 0. The molecule has 1 fully saturated rings. The average Bonchev–Trinajstić information content (AvgIpc) is 2.83. The zero-order valence-corrected chi connectivity index (χ0v) is 12.4. The number of rotatable bonds is 3. The van der Waals surface area contributed by atoms with Crippen LogP contribution in [0.5, 0.6) is 0 Å². The molecule has 1 saturated heterocycles. The number of thioether (sulfide) groups is 1. The van der Waals surface area contributed by atoms with Crippen molar-refractivity contribution in [3.05, 3.63) is 33.6 Å². The van der Waals surface area contributed by atoms with E-state index in [9.17, 15) is 19.1 Å². The fourth-order valence-electron chi connectivity index (χ4n) is 1.87. The molecule has 1 aliphatic rings. The summed E-state index contributed by atoms with van der Waals surface area (Å²) in [5.41, 5.74) is -1.47. The second-order valence-corrected chi connectivity index (χ2v) is 6.31. The van der Waals surface area contributed by atoms with Crippen LogP contribution in [0, 0.1) is 5.82 Å². The van der Waals surface area contributed by atoms with Crippen LogP contribution < -0.4 is 5.32 Å². The first-order valence-corrected chi connectivity index (χ1v) is 7.55. The van der Waals surface area contributed by atoms with Crippen LogP contribution in [0.25, 0.3) is 0 Å². The molecule has 0 unspecified atom stereocenters. The lowest BCUT2D eigenvalue weighted by Crippen LogP contribution is -2.54. The molecule has 1 heterocycles. The van der Waals surface area contributed by atoms with Gasteiger partial charge in [0.2, 0.25) is 0 Å². The molecule has 1 amide bonds. The lowest BCUT2D eigenvalue weighted by atomic mass is 9.98. The van der Waals surface area contributed by atoms with E-state index in [0.717, 1.165) is 12.1 Å². The Morgan fingerprint density at radius 3 is 2.60 bits per heavy atom. The van der Waals surface area contributed by atoms with E-state index in [1.54, 1.807) is 0 Å². The number of carbonyl (C=O) groups is 2. The van der Waals surface area contributed by atoms with E-state index < -0.39 is 23.2 Å². The van der Waals surface area contributed by atoms with Gasteiger partial charge in [-0.3, -0.25) is 4.79 Å². The number of carboxylic acids is 1. The molecule has 1 aliphatic heterocycles. The normalized spacial score (nSPS) is 21.8. The molecule has 20 heavy (non-hydrogen) atoms. The summed E-state index contributed by atoms with van der Waals surface area (Å²) < 4.78 is 13.4. The number of aliphatic carboxylic acids is 1. The van der Waals surface area contributed by atoms with Crippen LogP contribution in [0.4, 0.5) is 4.39 Å². The van der Waals surface area contributed by atoms with E-state index in [0.29, 0.717) is 12.2 Å². The summed E-state index contributed by atoms with van der Waals surface area (Å²) in [5, 5.41) is 11.5. The number of hydrogen-bond donors (Lipinski definition) is 2. The summed E-state index contributed by atoms with van der Waals surface area (Å²) in [6, 6.07) is 2.02. The molecule has 0 radical (unpaired) electrons. The van der Waals surface area contributed by atoms with Crippen molar-refractivity contribution in [3.8, 4) is 0 Å². The lowest BCUT2D eigenvalue weighted by Gasteiger charge is -2.24. The fraction of sp³-hybridized carbons (Fsp3) is 0.333. The maximum atomic E-state index is 13.4. The second kappa shape index (κ2) is 5.79. The predicted molar refractivity (Wildman–Crippen MR) is 76.2 cm³/mol. The Kier molecular flexibility index (Phi) is 4.46. The highest BCUT2D eigenvalue weighted by Crippen LogP contribution is 2.30. The van der Waals surface area contributed by atoms with Gasteiger partial charge in [-0.2, -0.15) is 11.8 Å². The summed E-state index contributed by atoms with van der Waals surface area (Å²) >= 11 is 12.8. The maximum Gasteiger partial charge on any atom is 0.330 e. The SMILES string of the molecule is O=C(N[C@]1(C(=O)O)CCSC1)c1cc(F)c(Cl)cc1Cl. The molecule has 8 heteroatoms. The third-order valence-electron chi connectivity index (χ3n) is 3.04. The number of amides is 1. The maximum absolute atomic E-state index is 13.4. The van der Waals surface area contributed by atoms with Gasteiger partial charge >= 0.3 is 5.97 Å². The minimum Gasteiger partial charge on any atom is -0.479 e. The molecule has 108 valence electrons. The first-order chi connectivity index (χ1) is 9.35. The molecular weight excluding hydrogens is 328 g/mol. The quantitative estimate of drug-likeness (QED) is 0.832. The Bertz CT molecular complexity index is 576. The van der Waals surface area contributed by atoms with Gasteiger partial charge in [0.15, 0.2) is 0 Å². The molecule has 2 N–H and O–H groups in total. The van der Waals surface area contributed by atoms with Crippen molar-refractivity contribution in [1.29, 1.82) is 0 Å². The summed E-state index contributed by atoms with van der Waals surface area (Å²) in [4.78, 5) is 23.5. The van der Waals surface area contributed by atoms with Crippen molar-refractivity contribution in [2.24, 2.45) is 0 Å². The van der Waals surface area contributed by atoms with Crippen LogP contribution in [0.15, 0.2) is 12.1 Å². The van der Waals surface area contributed by atoms with E-state index in [-0.39, 0.29) is 21.4 Å². The highest BCUT2D eigenvalue weighted by Gasteiger charge is 2.43. The Hall–Kier alpha value is -0.980. The highest BCUT2D eigenvalue weighted by atomic mass is 35.5. The Morgan fingerprint density at radius 1 is 1.35 bits per heavy atom. The van der Waals surface area contributed by atoms with Gasteiger partial charge < -0.3 is 10.4 Å². The Morgan fingerprint density at radius 2 is 2.05 bits per heavy atom. The topological polar surface area (TPSA) is 66.4 Å². The average molecular weight is 338 g/mol. The Balaban J connectivity index is 2.28. The van der Waals surface area contributed by atoms with Crippen LogP contribution in [-0.2, 0) is 4.79 Å². The largest absolute Gasteiger partial charge is 0.479 e. The first kappa shape index (κ1) is 15.4. The number of halogens is 3.